The van der Waals surface area contributed by atoms with Gasteiger partial charge in [0.25, 0.3) is 5.91 Å². The van der Waals surface area contributed by atoms with E-state index in [0.717, 1.165) is 11.5 Å². The Morgan fingerprint density at radius 2 is 2.35 bits per heavy atom. The van der Waals surface area contributed by atoms with Crippen molar-refractivity contribution in [2.75, 3.05) is 13.2 Å². The molecule has 2 heterocycles. The van der Waals surface area contributed by atoms with Crippen LogP contribution in [0.25, 0.3) is 0 Å². The van der Waals surface area contributed by atoms with Gasteiger partial charge in [0.15, 0.2) is 0 Å². The summed E-state index contributed by atoms with van der Waals surface area (Å²) in [7, 11) is 0. The van der Waals surface area contributed by atoms with Crippen molar-refractivity contribution in [1.82, 2.24) is 15.4 Å². The second-order valence-electron chi connectivity index (χ2n) is 4.34. The summed E-state index contributed by atoms with van der Waals surface area (Å²) < 4.78 is 0. The largest absolute Gasteiger partial charge is 0.344 e. The van der Waals surface area contributed by atoms with Crippen molar-refractivity contribution < 1.29 is 19.6 Å². The molecular weight excluding hydrogens is 226 g/mol. The van der Waals surface area contributed by atoms with E-state index in [1.165, 1.54) is 4.90 Å². The van der Waals surface area contributed by atoms with Gasteiger partial charge in [0.2, 0.25) is 0 Å². The van der Waals surface area contributed by atoms with Crippen LogP contribution in [0.15, 0.2) is 0 Å². The van der Waals surface area contributed by atoms with E-state index in [0.29, 0.717) is 26.0 Å². The maximum atomic E-state index is 11.8. The third-order valence-electron chi connectivity index (χ3n) is 3.13. The van der Waals surface area contributed by atoms with Gasteiger partial charge in [-0.1, -0.05) is 6.92 Å². The highest BCUT2D eigenvalue weighted by Gasteiger charge is 2.46. The van der Waals surface area contributed by atoms with Crippen LogP contribution in [0, 0.1) is 0 Å². The SMILES string of the molecule is CCCONC(=O)[C@@H]1CCC2CN1C(=O)N2O. The molecule has 0 aromatic heterocycles. The summed E-state index contributed by atoms with van der Waals surface area (Å²) >= 11 is 0. The van der Waals surface area contributed by atoms with Crippen molar-refractivity contribution in [3.8, 4) is 0 Å². The predicted molar refractivity (Wildman–Crippen MR) is 56.9 cm³/mol. The minimum Gasteiger partial charge on any atom is -0.309 e. The van der Waals surface area contributed by atoms with E-state index in [1.54, 1.807) is 0 Å². The van der Waals surface area contributed by atoms with Gasteiger partial charge in [0.05, 0.1) is 12.6 Å². The van der Waals surface area contributed by atoms with Gasteiger partial charge in [0, 0.05) is 6.54 Å². The van der Waals surface area contributed by atoms with Gasteiger partial charge in [-0.25, -0.2) is 15.3 Å². The fourth-order valence-electron chi connectivity index (χ4n) is 2.22. The number of hydroxylamine groups is 3. The van der Waals surface area contributed by atoms with E-state index in [2.05, 4.69) is 5.48 Å². The average molecular weight is 243 g/mol. The van der Waals surface area contributed by atoms with E-state index in [4.69, 9.17) is 4.84 Å². The molecule has 7 heteroatoms. The van der Waals surface area contributed by atoms with Crippen LogP contribution in [-0.2, 0) is 9.63 Å². The van der Waals surface area contributed by atoms with Crippen molar-refractivity contribution in [3.63, 3.8) is 0 Å². The van der Waals surface area contributed by atoms with Crippen LogP contribution in [-0.4, -0.2) is 52.3 Å². The molecule has 2 atom stereocenters. The van der Waals surface area contributed by atoms with Crippen molar-refractivity contribution in [1.29, 1.82) is 0 Å². The standard InChI is InChI=1S/C10H17N3O4/c1-2-5-17-11-9(14)8-4-3-7-6-12(8)10(15)13(7)16/h7-8,16H,2-6H2,1H3,(H,11,14)/t7?,8-/m0/s1. The Bertz CT molecular complexity index is 323. The molecule has 0 spiro atoms. The molecule has 17 heavy (non-hydrogen) atoms. The van der Waals surface area contributed by atoms with E-state index in [9.17, 15) is 14.8 Å². The molecule has 0 saturated carbocycles. The molecule has 1 unspecified atom stereocenters. The molecule has 2 rings (SSSR count). The molecule has 2 bridgehead atoms. The van der Waals surface area contributed by atoms with E-state index >= 15 is 0 Å². The van der Waals surface area contributed by atoms with Crippen LogP contribution in [0.2, 0.25) is 0 Å². The van der Waals surface area contributed by atoms with Gasteiger partial charge in [0.1, 0.15) is 6.04 Å². The lowest BCUT2D eigenvalue weighted by molar-refractivity contribution is -0.138. The number of urea groups is 1. The van der Waals surface area contributed by atoms with Gasteiger partial charge in [-0.3, -0.25) is 14.8 Å². The first-order valence-corrected chi connectivity index (χ1v) is 5.85. The molecule has 0 radical (unpaired) electrons. The second kappa shape index (κ2) is 4.89. The number of rotatable bonds is 4. The van der Waals surface area contributed by atoms with Crippen molar-refractivity contribution in [2.24, 2.45) is 0 Å². The van der Waals surface area contributed by atoms with Crippen LogP contribution < -0.4 is 5.48 Å². The van der Waals surface area contributed by atoms with Crippen LogP contribution >= 0.6 is 0 Å². The smallest absolute Gasteiger partial charge is 0.309 e. The first kappa shape index (κ1) is 12.1. The Hall–Kier alpha value is -1.34. The summed E-state index contributed by atoms with van der Waals surface area (Å²) in [6, 6.07) is -1.21. The fourth-order valence-corrected chi connectivity index (χ4v) is 2.22. The monoisotopic (exact) mass is 243 g/mol. The fraction of sp³-hybridized carbons (Fsp3) is 0.800. The zero-order valence-electron chi connectivity index (χ0n) is 9.76. The summed E-state index contributed by atoms with van der Waals surface area (Å²) in [4.78, 5) is 29.7. The lowest BCUT2D eigenvalue weighted by Gasteiger charge is -2.28. The summed E-state index contributed by atoms with van der Waals surface area (Å²) in [6.07, 6.45) is 1.99. The van der Waals surface area contributed by atoms with Crippen LogP contribution in [0.4, 0.5) is 4.79 Å². The van der Waals surface area contributed by atoms with Crippen LogP contribution in [0.1, 0.15) is 26.2 Å². The predicted octanol–water partition coefficient (Wildman–Crippen LogP) is 0.102. The molecule has 2 N–H and O–H groups in total. The van der Waals surface area contributed by atoms with Gasteiger partial charge in [-0.2, -0.15) is 0 Å². The van der Waals surface area contributed by atoms with E-state index in [1.807, 2.05) is 6.92 Å². The number of carbonyl (C=O) groups is 2. The van der Waals surface area contributed by atoms with Crippen LogP contribution in [0.5, 0.6) is 0 Å². The molecule has 96 valence electrons. The molecule has 2 aliphatic heterocycles. The zero-order chi connectivity index (χ0) is 12.4. The van der Waals surface area contributed by atoms with Gasteiger partial charge >= 0.3 is 6.03 Å². The lowest BCUT2D eigenvalue weighted by Crippen LogP contribution is -2.49. The maximum absolute atomic E-state index is 11.8. The average Bonchev–Trinajstić information content (AvgIpc) is 2.55. The number of fused-ring (bicyclic) bond motifs is 2. The Labute approximate surface area is 99.2 Å². The van der Waals surface area contributed by atoms with Gasteiger partial charge in [-0.15, -0.1) is 0 Å². The highest BCUT2D eigenvalue weighted by atomic mass is 16.6. The molecule has 3 amide bonds. The lowest BCUT2D eigenvalue weighted by atomic mass is 10.0. The highest BCUT2D eigenvalue weighted by molar-refractivity contribution is 5.87. The van der Waals surface area contributed by atoms with Gasteiger partial charge in [-0.05, 0) is 19.3 Å². The van der Waals surface area contributed by atoms with Crippen molar-refractivity contribution in [2.45, 2.75) is 38.3 Å². The second-order valence-corrected chi connectivity index (χ2v) is 4.34. The van der Waals surface area contributed by atoms with Gasteiger partial charge < -0.3 is 4.90 Å². The summed E-state index contributed by atoms with van der Waals surface area (Å²) in [5.41, 5.74) is 2.34. The van der Waals surface area contributed by atoms with Crippen molar-refractivity contribution >= 4 is 11.9 Å². The Balaban J connectivity index is 1.93. The molecule has 2 aliphatic rings. The summed E-state index contributed by atoms with van der Waals surface area (Å²) in [5.74, 6) is -0.319. The number of nitrogens with one attached hydrogen (secondary N) is 1. The quantitative estimate of drug-likeness (QED) is 0.417. The van der Waals surface area contributed by atoms with E-state index < -0.39 is 12.1 Å². The first-order chi connectivity index (χ1) is 8.15. The third kappa shape index (κ3) is 2.20. The third-order valence-corrected chi connectivity index (χ3v) is 3.13. The molecule has 7 nitrogen and oxygen atoms in total. The normalized spacial score (nSPS) is 27.5. The molecular formula is C10H17N3O4. The van der Waals surface area contributed by atoms with E-state index in [-0.39, 0.29) is 11.9 Å². The maximum Gasteiger partial charge on any atom is 0.344 e. The minimum absolute atomic E-state index is 0.178. The minimum atomic E-state index is -0.534. The highest BCUT2D eigenvalue weighted by Crippen LogP contribution is 2.28. The number of piperidine rings is 1. The summed E-state index contributed by atoms with van der Waals surface area (Å²) in [6.45, 7) is 2.79. The Morgan fingerprint density at radius 3 is 3.06 bits per heavy atom. The number of amides is 3. The number of carbonyl (C=O) groups excluding carboxylic acids is 2. The molecule has 0 aromatic rings. The zero-order valence-corrected chi connectivity index (χ0v) is 9.76. The topological polar surface area (TPSA) is 82.1 Å². The number of nitrogens with zero attached hydrogens (tertiary/aromatic N) is 2. The van der Waals surface area contributed by atoms with Crippen LogP contribution in [0.3, 0.4) is 0 Å². The molecule has 2 saturated heterocycles. The molecule has 2 fully saturated rings. The number of hydrogen-bond acceptors (Lipinski definition) is 4. The Morgan fingerprint density at radius 1 is 1.59 bits per heavy atom. The molecule has 0 aliphatic carbocycles. The number of hydrogen-bond donors (Lipinski definition) is 2. The first-order valence-electron chi connectivity index (χ1n) is 5.85. The molecule has 0 aromatic carbocycles. The van der Waals surface area contributed by atoms with Crippen molar-refractivity contribution in [3.05, 3.63) is 0 Å². The Kier molecular flexibility index (Phi) is 3.49. The summed E-state index contributed by atoms with van der Waals surface area (Å²) in [5, 5.41) is 10.2.